The highest BCUT2D eigenvalue weighted by molar-refractivity contribution is 14.0. The Kier molecular flexibility index (Phi) is 15.5. The maximum absolute atomic E-state index is 4.27. The molecule has 4 nitrogen and oxygen atoms in total. The van der Waals surface area contributed by atoms with Gasteiger partial charge in [0.1, 0.15) is 0 Å². The Morgan fingerprint density at radius 3 is 2.15 bits per heavy atom. The van der Waals surface area contributed by atoms with Crippen molar-refractivity contribution in [3.8, 4) is 0 Å². The van der Waals surface area contributed by atoms with Gasteiger partial charge < -0.3 is 15.5 Å². The molecule has 20 heavy (non-hydrogen) atoms. The third-order valence-corrected chi connectivity index (χ3v) is 4.04. The van der Waals surface area contributed by atoms with Crippen molar-refractivity contribution in [1.29, 1.82) is 0 Å². The first-order valence-electron chi connectivity index (χ1n) is 7.73. The third-order valence-electron chi connectivity index (χ3n) is 4.04. The van der Waals surface area contributed by atoms with Crippen LogP contribution in [0.15, 0.2) is 4.99 Å². The molecule has 0 amide bonds. The van der Waals surface area contributed by atoms with Crippen LogP contribution in [0.1, 0.15) is 47.0 Å². The van der Waals surface area contributed by atoms with Gasteiger partial charge in [-0.15, -0.1) is 24.0 Å². The lowest BCUT2D eigenvalue weighted by Crippen LogP contribution is -2.43. The quantitative estimate of drug-likeness (QED) is 0.357. The Morgan fingerprint density at radius 1 is 1.10 bits per heavy atom. The zero-order valence-corrected chi connectivity index (χ0v) is 16.5. The molecule has 0 aromatic heterocycles. The normalized spacial score (nSPS) is 13.3. The number of hydrogen-bond acceptors (Lipinski definition) is 2. The fourth-order valence-corrected chi connectivity index (χ4v) is 1.92. The highest BCUT2D eigenvalue weighted by Gasteiger charge is 2.07. The Balaban J connectivity index is 0. The van der Waals surface area contributed by atoms with Crippen molar-refractivity contribution >= 4 is 29.9 Å². The van der Waals surface area contributed by atoms with Crippen LogP contribution in [0.4, 0.5) is 0 Å². The summed E-state index contributed by atoms with van der Waals surface area (Å²) in [6, 6.07) is 0.640. The molecule has 0 aliphatic carbocycles. The largest absolute Gasteiger partial charge is 0.356 e. The number of nitrogens with one attached hydrogen (secondary N) is 2. The molecule has 0 fully saturated rings. The van der Waals surface area contributed by atoms with Crippen LogP contribution in [0.2, 0.25) is 0 Å². The molecule has 0 heterocycles. The lowest BCUT2D eigenvalue weighted by molar-refractivity contribution is 0.255. The second-order valence-corrected chi connectivity index (χ2v) is 5.30. The zero-order chi connectivity index (χ0) is 14.7. The Morgan fingerprint density at radius 2 is 1.70 bits per heavy atom. The van der Waals surface area contributed by atoms with Gasteiger partial charge in [0.05, 0.1) is 0 Å². The van der Waals surface area contributed by atoms with Crippen molar-refractivity contribution in [2.24, 2.45) is 10.9 Å². The molecular formula is C15H35IN4. The summed E-state index contributed by atoms with van der Waals surface area (Å²) in [5, 5.41) is 6.79. The lowest BCUT2D eigenvalue weighted by Gasteiger charge is -2.24. The van der Waals surface area contributed by atoms with Crippen molar-refractivity contribution in [2.75, 3.05) is 33.7 Å². The SMILES string of the molecule is CCC(CC)CNC(=NC)NCCN(C)C(C)CC.I. The van der Waals surface area contributed by atoms with Crippen LogP contribution in [-0.4, -0.2) is 50.6 Å². The average Bonchev–Trinajstić information content (AvgIpc) is 2.45. The van der Waals surface area contributed by atoms with E-state index in [1.54, 1.807) is 0 Å². The van der Waals surface area contributed by atoms with E-state index in [1.165, 1.54) is 19.3 Å². The Labute approximate surface area is 143 Å². The molecule has 0 saturated carbocycles. The van der Waals surface area contributed by atoms with Gasteiger partial charge in [0, 0.05) is 32.7 Å². The van der Waals surface area contributed by atoms with Crippen LogP contribution < -0.4 is 10.6 Å². The highest BCUT2D eigenvalue weighted by Crippen LogP contribution is 2.04. The number of guanidine groups is 1. The second-order valence-electron chi connectivity index (χ2n) is 5.30. The molecule has 0 aliphatic rings. The average molecular weight is 398 g/mol. The summed E-state index contributed by atoms with van der Waals surface area (Å²) in [6.07, 6.45) is 3.63. The van der Waals surface area contributed by atoms with Gasteiger partial charge in [-0.25, -0.2) is 0 Å². The first-order valence-corrected chi connectivity index (χ1v) is 7.73. The summed E-state index contributed by atoms with van der Waals surface area (Å²) in [6.45, 7) is 12.0. The predicted octanol–water partition coefficient (Wildman–Crippen LogP) is 2.94. The minimum absolute atomic E-state index is 0. The molecule has 122 valence electrons. The van der Waals surface area contributed by atoms with E-state index >= 15 is 0 Å². The molecule has 2 N–H and O–H groups in total. The summed E-state index contributed by atoms with van der Waals surface area (Å²) in [5.74, 6) is 1.66. The van der Waals surface area contributed by atoms with Crippen LogP contribution in [0.5, 0.6) is 0 Å². The molecule has 0 saturated heterocycles. The molecular weight excluding hydrogens is 363 g/mol. The van der Waals surface area contributed by atoms with E-state index in [4.69, 9.17) is 0 Å². The minimum atomic E-state index is 0. The van der Waals surface area contributed by atoms with E-state index in [0.717, 1.165) is 31.5 Å². The van der Waals surface area contributed by atoms with Crippen molar-refractivity contribution in [1.82, 2.24) is 15.5 Å². The van der Waals surface area contributed by atoms with Crippen LogP contribution in [-0.2, 0) is 0 Å². The standard InChI is InChI=1S/C15H34N4.HI/c1-7-13(4)19(6)11-10-17-15(16-5)18-12-14(8-2)9-3;/h13-14H,7-12H2,1-6H3,(H2,16,17,18);1H. The van der Waals surface area contributed by atoms with E-state index in [2.05, 4.69) is 55.3 Å². The number of aliphatic imine (C=N–C) groups is 1. The maximum Gasteiger partial charge on any atom is 0.191 e. The minimum Gasteiger partial charge on any atom is -0.356 e. The summed E-state index contributed by atoms with van der Waals surface area (Å²) in [5.41, 5.74) is 0. The van der Waals surface area contributed by atoms with E-state index < -0.39 is 0 Å². The van der Waals surface area contributed by atoms with Crippen LogP contribution in [0.25, 0.3) is 0 Å². The lowest BCUT2D eigenvalue weighted by atomic mass is 10.0. The fraction of sp³-hybridized carbons (Fsp3) is 0.933. The number of nitrogens with zero attached hydrogens (tertiary/aromatic N) is 2. The molecule has 0 spiro atoms. The van der Waals surface area contributed by atoms with E-state index in [1.807, 2.05) is 7.05 Å². The van der Waals surface area contributed by atoms with Gasteiger partial charge in [-0.3, -0.25) is 4.99 Å². The van der Waals surface area contributed by atoms with Gasteiger partial charge >= 0.3 is 0 Å². The Hall–Kier alpha value is -0.0400. The van der Waals surface area contributed by atoms with Crippen molar-refractivity contribution in [3.05, 3.63) is 0 Å². The monoisotopic (exact) mass is 398 g/mol. The van der Waals surface area contributed by atoms with Crippen molar-refractivity contribution in [2.45, 2.75) is 53.0 Å². The molecule has 1 unspecified atom stereocenters. The maximum atomic E-state index is 4.27. The molecule has 0 radical (unpaired) electrons. The van der Waals surface area contributed by atoms with E-state index in [9.17, 15) is 0 Å². The molecule has 1 atom stereocenters. The van der Waals surface area contributed by atoms with Gasteiger partial charge in [-0.1, -0.05) is 33.6 Å². The zero-order valence-electron chi connectivity index (χ0n) is 14.2. The van der Waals surface area contributed by atoms with Crippen LogP contribution in [0, 0.1) is 5.92 Å². The number of likely N-dealkylation sites (N-methyl/N-ethyl adjacent to an activating group) is 1. The smallest absolute Gasteiger partial charge is 0.191 e. The van der Waals surface area contributed by atoms with E-state index in [-0.39, 0.29) is 24.0 Å². The molecule has 0 aliphatic heterocycles. The highest BCUT2D eigenvalue weighted by atomic mass is 127. The number of rotatable bonds is 9. The predicted molar refractivity (Wildman–Crippen MR) is 101 cm³/mol. The second kappa shape index (κ2) is 13.9. The first kappa shape index (κ1) is 22.2. The van der Waals surface area contributed by atoms with Crippen LogP contribution in [0.3, 0.4) is 0 Å². The molecule has 0 aromatic rings. The van der Waals surface area contributed by atoms with Crippen LogP contribution >= 0.6 is 24.0 Å². The summed E-state index contributed by atoms with van der Waals surface area (Å²) < 4.78 is 0. The summed E-state index contributed by atoms with van der Waals surface area (Å²) >= 11 is 0. The van der Waals surface area contributed by atoms with Crippen molar-refractivity contribution < 1.29 is 0 Å². The van der Waals surface area contributed by atoms with Gasteiger partial charge in [0.2, 0.25) is 0 Å². The fourth-order valence-electron chi connectivity index (χ4n) is 1.92. The van der Waals surface area contributed by atoms with Gasteiger partial charge in [-0.2, -0.15) is 0 Å². The first-order chi connectivity index (χ1) is 9.08. The summed E-state index contributed by atoms with van der Waals surface area (Å²) in [4.78, 5) is 6.64. The molecule has 0 rings (SSSR count). The van der Waals surface area contributed by atoms with Crippen molar-refractivity contribution in [3.63, 3.8) is 0 Å². The molecule has 5 heteroatoms. The van der Waals surface area contributed by atoms with E-state index in [0.29, 0.717) is 6.04 Å². The molecule has 0 aromatic carbocycles. The van der Waals surface area contributed by atoms with Gasteiger partial charge in [0.25, 0.3) is 0 Å². The topological polar surface area (TPSA) is 39.7 Å². The number of hydrogen-bond donors (Lipinski definition) is 2. The van der Waals surface area contributed by atoms with Gasteiger partial charge in [0.15, 0.2) is 5.96 Å². The third kappa shape index (κ3) is 9.80. The van der Waals surface area contributed by atoms with Gasteiger partial charge in [-0.05, 0) is 26.3 Å². The molecule has 0 bridgehead atoms. The number of halogens is 1. The Bertz CT molecular complexity index is 242. The summed E-state index contributed by atoms with van der Waals surface area (Å²) in [7, 11) is 4.01.